The third kappa shape index (κ3) is 3.06. The van der Waals surface area contributed by atoms with Gasteiger partial charge in [0.25, 0.3) is 5.69 Å². The van der Waals surface area contributed by atoms with E-state index in [0.717, 1.165) is 17.0 Å². The highest BCUT2D eigenvalue weighted by Gasteiger charge is 2.12. The number of anilines is 1. The van der Waals surface area contributed by atoms with Crippen molar-refractivity contribution in [1.82, 2.24) is 0 Å². The number of rotatable bonds is 5. The van der Waals surface area contributed by atoms with Crippen LogP contribution in [-0.4, -0.2) is 12.0 Å². The van der Waals surface area contributed by atoms with E-state index in [2.05, 4.69) is 5.32 Å². The molecule has 2 rings (SSSR count). The molecule has 2 aromatic carbocycles. The zero-order valence-electron chi connectivity index (χ0n) is 11.4. The predicted molar refractivity (Wildman–Crippen MR) is 78.2 cm³/mol. The maximum atomic E-state index is 10.9. The lowest BCUT2D eigenvalue weighted by atomic mass is 10.1. The van der Waals surface area contributed by atoms with Gasteiger partial charge in [-0.2, -0.15) is 0 Å². The quantitative estimate of drug-likeness (QED) is 0.668. The number of aryl methyl sites for hydroxylation is 1. The Morgan fingerprint density at radius 2 is 2.00 bits per heavy atom. The van der Waals surface area contributed by atoms with Gasteiger partial charge in [0.2, 0.25) is 0 Å². The maximum absolute atomic E-state index is 10.9. The number of nitrogens with zero attached hydrogens (tertiary/aromatic N) is 1. The average molecular weight is 272 g/mol. The zero-order valence-corrected chi connectivity index (χ0v) is 11.4. The number of para-hydroxylation sites is 1. The summed E-state index contributed by atoms with van der Waals surface area (Å²) in [5, 5.41) is 14.2. The van der Waals surface area contributed by atoms with E-state index in [9.17, 15) is 10.1 Å². The molecule has 0 aliphatic heterocycles. The largest absolute Gasteiger partial charge is 0.497 e. The van der Waals surface area contributed by atoms with Crippen molar-refractivity contribution in [3.63, 3.8) is 0 Å². The Morgan fingerprint density at radius 3 is 2.65 bits per heavy atom. The molecule has 0 bridgehead atoms. The van der Waals surface area contributed by atoms with Crippen molar-refractivity contribution in [2.45, 2.75) is 13.5 Å². The van der Waals surface area contributed by atoms with Crippen LogP contribution in [0.25, 0.3) is 0 Å². The molecule has 0 aromatic heterocycles. The maximum Gasteiger partial charge on any atom is 0.274 e. The first-order valence-corrected chi connectivity index (χ1v) is 6.22. The molecule has 2 aromatic rings. The molecular weight excluding hydrogens is 256 g/mol. The molecule has 0 spiro atoms. The van der Waals surface area contributed by atoms with Gasteiger partial charge in [0.1, 0.15) is 5.75 Å². The molecule has 0 atom stereocenters. The second-order valence-corrected chi connectivity index (χ2v) is 4.42. The molecule has 5 nitrogen and oxygen atoms in total. The number of nitro groups is 1. The van der Waals surface area contributed by atoms with Gasteiger partial charge < -0.3 is 10.1 Å². The molecule has 5 heteroatoms. The Labute approximate surface area is 117 Å². The fraction of sp³-hybridized carbons (Fsp3) is 0.200. The van der Waals surface area contributed by atoms with Gasteiger partial charge in [-0.15, -0.1) is 0 Å². The molecule has 0 saturated carbocycles. The van der Waals surface area contributed by atoms with Crippen LogP contribution in [0, 0.1) is 17.0 Å². The Kier molecular flexibility index (Phi) is 4.20. The lowest BCUT2D eigenvalue weighted by Gasteiger charge is -2.11. The smallest absolute Gasteiger partial charge is 0.274 e. The standard InChI is InChI=1S/C15H16N2O3/c1-11-9-13(20-2)7-8-14(11)16-10-12-5-3-4-6-15(12)17(18)19/h3-9,16H,10H2,1-2H3. The molecule has 0 aliphatic carbocycles. The molecule has 0 amide bonds. The second-order valence-electron chi connectivity index (χ2n) is 4.42. The molecule has 0 unspecified atom stereocenters. The van der Waals surface area contributed by atoms with Gasteiger partial charge in [-0.1, -0.05) is 18.2 Å². The Morgan fingerprint density at radius 1 is 1.25 bits per heavy atom. The highest BCUT2D eigenvalue weighted by Crippen LogP contribution is 2.23. The normalized spacial score (nSPS) is 10.1. The van der Waals surface area contributed by atoms with Gasteiger partial charge >= 0.3 is 0 Å². The molecule has 0 aliphatic rings. The number of hydrogen-bond donors (Lipinski definition) is 1. The highest BCUT2D eigenvalue weighted by molar-refractivity contribution is 5.54. The van der Waals surface area contributed by atoms with Crippen LogP contribution in [0.2, 0.25) is 0 Å². The van der Waals surface area contributed by atoms with Gasteiger partial charge in [-0.05, 0) is 30.7 Å². The third-order valence-corrected chi connectivity index (χ3v) is 3.09. The van der Waals surface area contributed by atoms with Crippen molar-refractivity contribution >= 4 is 11.4 Å². The number of ether oxygens (including phenoxy) is 1. The molecule has 0 fully saturated rings. The summed E-state index contributed by atoms with van der Waals surface area (Å²) in [6, 6.07) is 12.4. The van der Waals surface area contributed by atoms with Gasteiger partial charge in [-0.25, -0.2) is 0 Å². The summed E-state index contributed by atoms with van der Waals surface area (Å²) in [5.74, 6) is 0.791. The van der Waals surface area contributed by atoms with Crippen molar-refractivity contribution in [3.05, 3.63) is 63.7 Å². The van der Waals surface area contributed by atoms with Gasteiger partial charge in [0.05, 0.1) is 12.0 Å². The van der Waals surface area contributed by atoms with E-state index in [-0.39, 0.29) is 10.6 Å². The predicted octanol–water partition coefficient (Wildman–Crippen LogP) is 3.52. The first-order valence-electron chi connectivity index (χ1n) is 6.22. The Bertz CT molecular complexity index is 626. The molecule has 0 radical (unpaired) electrons. The fourth-order valence-corrected chi connectivity index (χ4v) is 1.99. The Balaban J connectivity index is 2.15. The van der Waals surface area contributed by atoms with Crippen LogP contribution in [0.3, 0.4) is 0 Å². The van der Waals surface area contributed by atoms with Gasteiger partial charge in [-0.3, -0.25) is 10.1 Å². The van der Waals surface area contributed by atoms with E-state index in [4.69, 9.17) is 4.74 Å². The van der Waals surface area contributed by atoms with E-state index < -0.39 is 0 Å². The van der Waals surface area contributed by atoms with Crippen LogP contribution in [0.1, 0.15) is 11.1 Å². The third-order valence-electron chi connectivity index (χ3n) is 3.09. The minimum atomic E-state index is -0.363. The SMILES string of the molecule is COc1ccc(NCc2ccccc2[N+](=O)[O-])c(C)c1. The van der Waals surface area contributed by atoms with E-state index >= 15 is 0 Å². The first kappa shape index (κ1) is 13.9. The molecule has 104 valence electrons. The van der Waals surface area contributed by atoms with E-state index in [1.165, 1.54) is 6.07 Å². The minimum absolute atomic E-state index is 0.131. The van der Waals surface area contributed by atoms with E-state index in [1.54, 1.807) is 25.3 Å². The van der Waals surface area contributed by atoms with Crippen LogP contribution in [0.5, 0.6) is 5.75 Å². The first-order chi connectivity index (χ1) is 9.61. The van der Waals surface area contributed by atoms with Gasteiger partial charge in [0, 0.05) is 23.9 Å². The van der Waals surface area contributed by atoms with Crippen LogP contribution < -0.4 is 10.1 Å². The molecule has 1 N–H and O–H groups in total. The summed E-state index contributed by atoms with van der Waals surface area (Å²) >= 11 is 0. The molecule has 20 heavy (non-hydrogen) atoms. The van der Waals surface area contributed by atoms with Crippen molar-refractivity contribution in [1.29, 1.82) is 0 Å². The molecular formula is C15H16N2O3. The van der Waals surface area contributed by atoms with Crippen LogP contribution in [0.15, 0.2) is 42.5 Å². The minimum Gasteiger partial charge on any atom is -0.497 e. The summed E-state index contributed by atoms with van der Waals surface area (Å²) in [4.78, 5) is 10.6. The van der Waals surface area contributed by atoms with Crippen LogP contribution >= 0.6 is 0 Å². The number of nitro benzene ring substituents is 1. The zero-order chi connectivity index (χ0) is 14.5. The number of nitrogens with one attached hydrogen (secondary N) is 1. The van der Waals surface area contributed by atoms with Crippen molar-refractivity contribution < 1.29 is 9.66 Å². The Hall–Kier alpha value is -2.56. The number of benzene rings is 2. The summed E-state index contributed by atoms with van der Waals surface area (Å²) in [5.41, 5.74) is 2.76. The summed E-state index contributed by atoms with van der Waals surface area (Å²) in [7, 11) is 1.62. The van der Waals surface area contributed by atoms with Crippen molar-refractivity contribution in [2.24, 2.45) is 0 Å². The molecule has 0 heterocycles. The van der Waals surface area contributed by atoms with Gasteiger partial charge in [0.15, 0.2) is 0 Å². The highest BCUT2D eigenvalue weighted by atomic mass is 16.6. The summed E-state index contributed by atoms with van der Waals surface area (Å²) in [6.45, 7) is 2.37. The number of hydrogen-bond acceptors (Lipinski definition) is 4. The lowest BCUT2D eigenvalue weighted by Crippen LogP contribution is -2.04. The average Bonchev–Trinajstić information content (AvgIpc) is 2.46. The number of methoxy groups -OCH3 is 1. The lowest BCUT2D eigenvalue weighted by molar-refractivity contribution is -0.385. The topological polar surface area (TPSA) is 64.4 Å². The molecule has 0 saturated heterocycles. The summed E-state index contributed by atoms with van der Waals surface area (Å²) in [6.07, 6.45) is 0. The monoisotopic (exact) mass is 272 g/mol. The van der Waals surface area contributed by atoms with Crippen LogP contribution in [0.4, 0.5) is 11.4 Å². The van der Waals surface area contributed by atoms with Crippen molar-refractivity contribution in [3.8, 4) is 5.75 Å². The second kappa shape index (κ2) is 6.06. The van der Waals surface area contributed by atoms with E-state index in [0.29, 0.717) is 12.1 Å². The summed E-state index contributed by atoms with van der Waals surface area (Å²) < 4.78 is 5.15. The fourth-order valence-electron chi connectivity index (χ4n) is 1.99. The van der Waals surface area contributed by atoms with Crippen LogP contribution in [-0.2, 0) is 6.54 Å². The van der Waals surface area contributed by atoms with Crippen molar-refractivity contribution in [2.75, 3.05) is 12.4 Å². The van der Waals surface area contributed by atoms with E-state index in [1.807, 2.05) is 25.1 Å².